The Balaban J connectivity index is 2.97. The van der Waals surface area contributed by atoms with Gasteiger partial charge in [0.15, 0.2) is 0 Å². The van der Waals surface area contributed by atoms with E-state index >= 15 is 0 Å². The number of alkyl halides is 1. The Labute approximate surface area is 84.2 Å². The zero-order chi connectivity index (χ0) is 9.68. The molecule has 2 heteroatoms. The van der Waals surface area contributed by atoms with Crippen molar-refractivity contribution in [2.75, 3.05) is 11.6 Å². The van der Waals surface area contributed by atoms with Crippen LogP contribution in [0.25, 0.3) is 6.08 Å². The van der Waals surface area contributed by atoms with E-state index in [1.165, 1.54) is 5.56 Å². The predicted molar refractivity (Wildman–Crippen MR) is 60.0 cm³/mol. The molecule has 0 aromatic heterocycles. The Morgan fingerprint density at radius 2 is 2.23 bits per heavy atom. The molecule has 0 fully saturated rings. The van der Waals surface area contributed by atoms with E-state index < -0.39 is 0 Å². The topological polar surface area (TPSA) is 26.0 Å². The molecule has 1 aromatic carbocycles. The van der Waals surface area contributed by atoms with E-state index in [9.17, 15) is 0 Å². The molecule has 0 radical (unpaired) electrons. The number of aryl methyl sites for hydroxylation is 1. The SMILES string of the molecule is CCc1ccc(N)c(C=CCCl)c1. The highest BCUT2D eigenvalue weighted by Crippen LogP contribution is 2.16. The van der Waals surface area contributed by atoms with Crippen LogP contribution in [0.15, 0.2) is 24.3 Å². The number of allylic oxidation sites excluding steroid dienone is 1. The van der Waals surface area contributed by atoms with E-state index in [0.717, 1.165) is 17.7 Å². The zero-order valence-electron chi connectivity index (χ0n) is 7.76. The number of benzene rings is 1. The molecule has 1 rings (SSSR count). The summed E-state index contributed by atoms with van der Waals surface area (Å²) in [5, 5.41) is 0. The maximum Gasteiger partial charge on any atom is 0.0407 e. The van der Waals surface area contributed by atoms with Crippen LogP contribution in [0.3, 0.4) is 0 Å². The van der Waals surface area contributed by atoms with Gasteiger partial charge in [-0.2, -0.15) is 0 Å². The lowest BCUT2D eigenvalue weighted by atomic mass is 10.1. The number of anilines is 1. The molecule has 1 aromatic rings. The van der Waals surface area contributed by atoms with E-state index in [-0.39, 0.29) is 0 Å². The molecule has 0 spiro atoms. The summed E-state index contributed by atoms with van der Waals surface area (Å²) >= 11 is 5.55. The average molecular weight is 196 g/mol. The van der Waals surface area contributed by atoms with Gasteiger partial charge >= 0.3 is 0 Å². The Hall–Kier alpha value is -0.950. The lowest BCUT2D eigenvalue weighted by Crippen LogP contribution is -1.91. The number of rotatable bonds is 3. The molecule has 0 saturated heterocycles. The molecule has 1 nitrogen and oxygen atoms in total. The van der Waals surface area contributed by atoms with Crippen molar-refractivity contribution in [3.63, 3.8) is 0 Å². The van der Waals surface area contributed by atoms with Crippen molar-refractivity contribution in [1.82, 2.24) is 0 Å². The zero-order valence-corrected chi connectivity index (χ0v) is 8.51. The third kappa shape index (κ3) is 2.78. The van der Waals surface area contributed by atoms with Crippen LogP contribution in [-0.2, 0) is 6.42 Å². The minimum absolute atomic E-state index is 0.524. The molecule has 0 atom stereocenters. The predicted octanol–water partition coefficient (Wildman–Crippen LogP) is 3.08. The van der Waals surface area contributed by atoms with Gasteiger partial charge in [-0.3, -0.25) is 0 Å². The van der Waals surface area contributed by atoms with Crippen LogP contribution < -0.4 is 5.73 Å². The first-order valence-corrected chi connectivity index (χ1v) is 4.92. The summed E-state index contributed by atoms with van der Waals surface area (Å²) in [6.45, 7) is 2.13. The second-order valence-corrected chi connectivity index (χ2v) is 3.18. The van der Waals surface area contributed by atoms with E-state index in [4.69, 9.17) is 17.3 Å². The summed E-state index contributed by atoms with van der Waals surface area (Å²) in [5.74, 6) is 0.524. The summed E-state index contributed by atoms with van der Waals surface area (Å²) < 4.78 is 0. The van der Waals surface area contributed by atoms with E-state index in [1.807, 2.05) is 24.3 Å². The molecule has 0 bridgehead atoms. The second kappa shape index (κ2) is 4.93. The van der Waals surface area contributed by atoms with Crippen LogP contribution in [0.1, 0.15) is 18.1 Å². The maximum atomic E-state index is 5.79. The normalized spacial score (nSPS) is 10.9. The van der Waals surface area contributed by atoms with Crippen molar-refractivity contribution in [3.8, 4) is 0 Å². The third-order valence-corrected chi connectivity index (χ3v) is 2.12. The van der Waals surface area contributed by atoms with E-state index in [0.29, 0.717) is 5.88 Å². The Kier molecular flexibility index (Phi) is 3.84. The Morgan fingerprint density at radius 3 is 2.85 bits per heavy atom. The molecule has 0 unspecified atom stereocenters. The second-order valence-electron chi connectivity index (χ2n) is 2.87. The molecule has 0 saturated carbocycles. The fraction of sp³-hybridized carbons (Fsp3) is 0.273. The summed E-state index contributed by atoms with van der Waals surface area (Å²) in [6, 6.07) is 6.08. The van der Waals surface area contributed by atoms with Crippen LogP contribution in [0.2, 0.25) is 0 Å². The van der Waals surface area contributed by atoms with Crippen LogP contribution in [-0.4, -0.2) is 5.88 Å². The van der Waals surface area contributed by atoms with Gasteiger partial charge in [0.05, 0.1) is 0 Å². The fourth-order valence-electron chi connectivity index (χ4n) is 1.16. The number of hydrogen-bond acceptors (Lipinski definition) is 1. The highest BCUT2D eigenvalue weighted by atomic mass is 35.5. The highest BCUT2D eigenvalue weighted by molar-refractivity contribution is 6.19. The van der Waals surface area contributed by atoms with Crippen molar-refractivity contribution in [2.24, 2.45) is 0 Å². The maximum absolute atomic E-state index is 5.79. The summed E-state index contributed by atoms with van der Waals surface area (Å²) in [4.78, 5) is 0. The minimum Gasteiger partial charge on any atom is -0.398 e. The van der Waals surface area contributed by atoms with Crippen LogP contribution >= 0.6 is 11.6 Å². The molecule has 0 amide bonds. The molecule has 70 valence electrons. The number of hydrogen-bond donors (Lipinski definition) is 1. The molecule has 0 heterocycles. The largest absolute Gasteiger partial charge is 0.398 e. The van der Waals surface area contributed by atoms with Gasteiger partial charge in [-0.25, -0.2) is 0 Å². The molecule has 0 aliphatic carbocycles. The summed E-state index contributed by atoms with van der Waals surface area (Å²) in [6.07, 6.45) is 4.89. The van der Waals surface area contributed by atoms with Gasteiger partial charge < -0.3 is 5.73 Å². The fourth-order valence-corrected chi connectivity index (χ4v) is 1.25. The lowest BCUT2D eigenvalue weighted by molar-refractivity contribution is 1.14. The van der Waals surface area contributed by atoms with Crippen molar-refractivity contribution in [3.05, 3.63) is 35.4 Å². The first-order chi connectivity index (χ1) is 6.27. The van der Waals surface area contributed by atoms with Gasteiger partial charge in [-0.15, -0.1) is 11.6 Å². The van der Waals surface area contributed by atoms with E-state index in [2.05, 4.69) is 13.0 Å². The summed E-state index contributed by atoms with van der Waals surface area (Å²) in [7, 11) is 0. The van der Waals surface area contributed by atoms with Crippen molar-refractivity contribution in [2.45, 2.75) is 13.3 Å². The molecule has 0 aliphatic heterocycles. The van der Waals surface area contributed by atoms with Crippen LogP contribution in [0, 0.1) is 0 Å². The van der Waals surface area contributed by atoms with Gasteiger partial charge in [0, 0.05) is 11.6 Å². The van der Waals surface area contributed by atoms with Crippen LogP contribution in [0.4, 0.5) is 5.69 Å². The van der Waals surface area contributed by atoms with Gasteiger partial charge in [0.25, 0.3) is 0 Å². The molecular weight excluding hydrogens is 182 g/mol. The first-order valence-electron chi connectivity index (χ1n) is 4.38. The smallest absolute Gasteiger partial charge is 0.0407 e. The minimum atomic E-state index is 0.524. The van der Waals surface area contributed by atoms with Crippen molar-refractivity contribution >= 4 is 23.4 Å². The number of halogens is 1. The quantitative estimate of drug-likeness (QED) is 0.582. The van der Waals surface area contributed by atoms with Gasteiger partial charge in [0.1, 0.15) is 0 Å². The molecule has 2 N–H and O–H groups in total. The Morgan fingerprint density at radius 1 is 1.46 bits per heavy atom. The van der Waals surface area contributed by atoms with Crippen LogP contribution in [0.5, 0.6) is 0 Å². The Bertz CT molecular complexity index is 305. The van der Waals surface area contributed by atoms with Crippen molar-refractivity contribution in [1.29, 1.82) is 0 Å². The van der Waals surface area contributed by atoms with Crippen molar-refractivity contribution < 1.29 is 0 Å². The average Bonchev–Trinajstić information content (AvgIpc) is 2.17. The molecular formula is C11H14ClN. The monoisotopic (exact) mass is 195 g/mol. The molecule has 13 heavy (non-hydrogen) atoms. The summed E-state index contributed by atoms with van der Waals surface area (Å²) in [5.41, 5.74) is 8.95. The standard InChI is InChI=1S/C11H14ClN/c1-2-9-5-6-11(13)10(8-9)4-3-7-12/h3-6,8H,2,7,13H2,1H3. The number of nitrogen functional groups attached to an aromatic ring is 1. The van der Waals surface area contributed by atoms with Gasteiger partial charge in [0.2, 0.25) is 0 Å². The highest BCUT2D eigenvalue weighted by Gasteiger charge is 1.95. The van der Waals surface area contributed by atoms with Gasteiger partial charge in [-0.1, -0.05) is 25.1 Å². The third-order valence-electron chi connectivity index (χ3n) is 1.95. The molecule has 0 aliphatic rings. The lowest BCUT2D eigenvalue weighted by Gasteiger charge is -2.02. The first kappa shape index (κ1) is 10.1. The van der Waals surface area contributed by atoms with E-state index in [1.54, 1.807) is 0 Å². The van der Waals surface area contributed by atoms with Gasteiger partial charge in [-0.05, 0) is 29.7 Å². The number of nitrogens with two attached hydrogens (primary N) is 1.